The second kappa shape index (κ2) is 10.7. The summed E-state index contributed by atoms with van der Waals surface area (Å²) in [5.41, 5.74) is 2.15. The van der Waals surface area contributed by atoms with E-state index in [9.17, 15) is 0 Å². The van der Waals surface area contributed by atoms with Crippen LogP contribution < -0.4 is 14.8 Å². The second-order valence-corrected chi connectivity index (χ2v) is 6.86. The van der Waals surface area contributed by atoms with Crippen molar-refractivity contribution in [3.05, 3.63) is 77.3 Å². The van der Waals surface area contributed by atoms with E-state index >= 15 is 0 Å². The summed E-state index contributed by atoms with van der Waals surface area (Å²) in [6, 6.07) is 13.7. The van der Waals surface area contributed by atoms with Crippen molar-refractivity contribution in [2.75, 3.05) is 13.2 Å². The molecule has 0 aliphatic carbocycles. The molecule has 0 radical (unpaired) electrons. The lowest BCUT2D eigenvalue weighted by atomic mass is 10.1. The predicted molar refractivity (Wildman–Crippen MR) is 112 cm³/mol. The molecule has 28 heavy (non-hydrogen) atoms. The van der Waals surface area contributed by atoms with E-state index in [0.29, 0.717) is 13.2 Å². The van der Waals surface area contributed by atoms with E-state index < -0.39 is 0 Å². The van der Waals surface area contributed by atoms with E-state index in [4.69, 9.17) is 21.1 Å². The van der Waals surface area contributed by atoms with Gasteiger partial charge in [-0.1, -0.05) is 35.9 Å². The Morgan fingerprint density at radius 2 is 1.96 bits per heavy atom. The van der Waals surface area contributed by atoms with Crippen LogP contribution in [0.5, 0.6) is 11.5 Å². The minimum Gasteiger partial charge on any atom is -0.490 e. The molecule has 5 nitrogen and oxygen atoms in total. The Morgan fingerprint density at radius 3 is 2.71 bits per heavy atom. The van der Waals surface area contributed by atoms with E-state index in [1.54, 1.807) is 6.20 Å². The monoisotopic (exact) mass is 399 g/mol. The minimum absolute atomic E-state index is 0.467. The quantitative estimate of drug-likeness (QED) is 0.475. The van der Waals surface area contributed by atoms with Crippen molar-refractivity contribution in [1.29, 1.82) is 0 Å². The number of para-hydroxylation sites is 1. The van der Waals surface area contributed by atoms with Crippen molar-refractivity contribution in [3.63, 3.8) is 0 Å². The van der Waals surface area contributed by atoms with Crippen molar-refractivity contribution < 1.29 is 9.47 Å². The Bertz CT molecular complexity index is 835. The van der Waals surface area contributed by atoms with Gasteiger partial charge in [-0.15, -0.1) is 0 Å². The molecule has 6 heteroatoms. The fraction of sp³-hybridized carbons (Fsp3) is 0.318. The molecule has 0 amide bonds. The van der Waals surface area contributed by atoms with Gasteiger partial charge in [0, 0.05) is 36.1 Å². The van der Waals surface area contributed by atoms with E-state index in [1.165, 1.54) is 0 Å². The zero-order valence-corrected chi connectivity index (χ0v) is 16.9. The van der Waals surface area contributed by atoms with Crippen LogP contribution in [0.15, 0.2) is 61.2 Å². The average molecular weight is 400 g/mol. The number of nitrogens with zero attached hydrogens (tertiary/aromatic N) is 2. The lowest BCUT2D eigenvalue weighted by Gasteiger charge is -2.16. The van der Waals surface area contributed by atoms with Crippen molar-refractivity contribution in [2.24, 2.45) is 0 Å². The molecule has 148 valence electrons. The second-order valence-electron chi connectivity index (χ2n) is 6.42. The summed E-state index contributed by atoms with van der Waals surface area (Å²) >= 11 is 5.96. The molecule has 0 atom stereocenters. The maximum atomic E-state index is 6.14. The maximum Gasteiger partial charge on any atom is 0.166 e. The summed E-state index contributed by atoms with van der Waals surface area (Å²) in [6.45, 7) is 5.62. The van der Waals surface area contributed by atoms with Gasteiger partial charge in [0.2, 0.25) is 0 Å². The molecular formula is C22H26ClN3O2. The molecule has 0 aliphatic heterocycles. The number of hydrogen-bond donors (Lipinski definition) is 1. The van der Waals surface area contributed by atoms with Crippen molar-refractivity contribution in [2.45, 2.75) is 33.0 Å². The van der Waals surface area contributed by atoms with Gasteiger partial charge in [-0.3, -0.25) is 0 Å². The SMILES string of the molecule is CCOc1cccc(CNCCCn2ccnc2)c1OCc1ccc(Cl)cc1. The highest BCUT2D eigenvalue weighted by Gasteiger charge is 2.11. The first-order chi connectivity index (χ1) is 13.8. The molecule has 0 saturated heterocycles. The molecule has 2 aromatic carbocycles. The predicted octanol–water partition coefficient (Wildman–Crippen LogP) is 4.69. The molecule has 1 aromatic heterocycles. The highest BCUT2D eigenvalue weighted by Crippen LogP contribution is 2.32. The average Bonchev–Trinajstić information content (AvgIpc) is 3.22. The molecule has 0 fully saturated rings. The lowest BCUT2D eigenvalue weighted by molar-refractivity contribution is 0.266. The summed E-state index contributed by atoms with van der Waals surface area (Å²) in [7, 11) is 0. The fourth-order valence-corrected chi connectivity index (χ4v) is 3.02. The molecule has 0 spiro atoms. The van der Waals surface area contributed by atoms with Gasteiger partial charge < -0.3 is 19.4 Å². The number of ether oxygens (including phenoxy) is 2. The number of rotatable bonds is 11. The van der Waals surface area contributed by atoms with Crippen LogP contribution in [0.25, 0.3) is 0 Å². The summed E-state index contributed by atoms with van der Waals surface area (Å²) in [4.78, 5) is 4.06. The summed E-state index contributed by atoms with van der Waals surface area (Å²) < 4.78 is 14.0. The first kappa shape index (κ1) is 20.2. The number of hydrogen-bond acceptors (Lipinski definition) is 4. The maximum absolute atomic E-state index is 6.14. The number of imidazole rings is 1. The Morgan fingerprint density at radius 1 is 1.11 bits per heavy atom. The van der Waals surface area contributed by atoms with Gasteiger partial charge in [0.1, 0.15) is 6.61 Å². The van der Waals surface area contributed by atoms with E-state index in [2.05, 4.69) is 20.9 Å². The largest absolute Gasteiger partial charge is 0.490 e. The topological polar surface area (TPSA) is 48.3 Å². The standard InChI is InChI=1S/C22H26ClN3O2/c1-2-27-21-6-3-5-19(15-24-11-4-13-26-14-12-25-17-26)22(21)28-16-18-7-9-20(23)10-8-18/h3,5-10,12,14,17,24H,2,4,11,13,15-16H2,1H3. The first-order valence-electron chi connectivity index (χ1n) is 9.54. The molecule has 0 bridgehead atoms. The van der Waals surface area contributed by atoms with Crippen molar-refractivity contribution in [1.82, 2.24) is 14.9 Å². The van der Waals surface area contributed by atoms with Crippen LogP contribution in [0.1, 0.15) is 24.5 Å². The number of benzene rings is 2. The smallest absolute Gasteiger partial charge is 0.166 e. The third kappa shape index (κ3) is 6.01. The zero-order valence-electron chi connectivity index (χ0n) is 16.1. The minimum atomic E-state index is 0.467. The highest BCUT2D eigenvalue weighted by atomic mass is 35.5. The van der Waals surface area contributed by atoms with Gasteiger partial charge in [0.25, 0.3) is 0 Å². The zero-order chi connectivity index (χ0) is 19.6. The number of aromatic nitrogens is 2. The summed E-state index contributed by atoms with van der Waals surface area (Å²) in [5.74, 6) is 1.57. The van der Waals surface area contributed by atoms with Crippen LogP contribution in [-0.2, 0) is 19.7 Å². The van der Waals surface area contributed by atoms with Gasteiger partial charge >= 0.3 is 0 Å². The number of nitrogens with one attached hydrogen (secondary N) is 1. The third-order valence-corrected chi connectivity index (χ3v) is 4.55. The van der Waals surface area contributed by atoms with Gasteiger partial charge in [0.05, 0.1) is 12.9 Å². The highest BCUT2D eigenvalue weighted by molar-refractivity contribution is 6.30. The van der Waals surface area contributed by atoms with Crippen LogP contribution in [0, 0.1) is 0 Å². The first-order valence-corrected chi connectivity index (χ1v) is 9.92. The van der Waals surface area contributed by atoms with Crippen LogP contribution in [0.3, 0.4) is 0 Å². The van der Waals surface area contributed by atoms with E-state index in [-0.39, 0.29) is 0 Å². The number of halogens is 1. The molecule has 0 aliphatic rings. The Kier molecular flexibility index (Phi) is 7.76. The Labute approximate surface area is 171 Å². The fourth-order valence-electron chi connectivity index (χ4n) is 2.90. The third-order valence-electron chi connectivity index (χ3n) is 4.30. The molecule has 1 N–H and O–H groups in total. The van der Waals surface area contributed by atoms with Crippen LogP contribution >= 0.6 is 11.6 Å². The molecule has 1 heterocycles. The Hall–Kier alpha value is -2.50. The number of aryl methyl sites for hydroxylation is 1. The molecule has 0 saturated carbocycles. The summed E-state index contributed by atoms with van der Waals surface area (Å²) in [5, 5.41) is 4.21. The molecule has 3 aromatic rings. The van der Waals surface area contributed by atoms with Crippen LogP contribution in [-0.4, -0.2) is 22.7 Å². The van der Waals surface area contributed by atoms with Gasteiger partial charge in [-0.05, 0) is 43.7 Å². The van der Waals surface area contributed by atoms with Gasteiger partial charge in [-0.25, -0.2) is 4.98 Å². The molecule has 0 unspecified atom stereocenters. The van der Waals surface area contributed by atoms with E-state index in [1.807, 2.05) is 55.8 Å². The van der Waals surface area contributed by atoms with Crippen molar-refractivity contribution in [3.8, 4) is 11.5 Å². The van der Waals surface area contributed by atoms with E-state index in [0.717, 1.165) is 53.7 Å². The Balaban J connectivity index is 1.59. The summed E-state index contributed by atoms with van der Waals surface area (Å²) in [6.07, 6.45) is 6.65. The van der Waals surface area contributed by atoms with Crippen molar-refractivity contribution >= 4 is 11.6 Å². The van der Waals surface area contributed by atoms with Gasteiger partial charge in [-0.2, -0.15) is 0 Å². The van der Waals surface area contributed by atoms with Crippen LogP contribution in [0.4, 0.5) is 0 Å². The normalized spacial score (nSPS) is 10.8. The van der Waals surface area contributed by atoms with Gasteiger partial charge in [0.15, 0.2) is 11.5 Å². The molecular weight excluding hydrogens is 374 g/mol. The molecule has 3 rings (SSSR count). The lowest BCUT2D eigenvalue weighted by Crippen LogP contribution is -2.17. The van der Waals surface area contributed by atoms with Crippen LogP contribution in [0.2, 0.25) is 5.02 Å².